The van der Waals surface area contributed by atoms with Crippen molar-refractivity contribution in [1.29, 1.82) is 0 Å². The van der Waals surface area contributed by atoms with E-state index in [4.69, 9.17) is 9.79 Å². The van der Waals surface area contributed by atoms with Crippen LogP contribution in [0.1, 0.15) is 20.3 Å². The van der Waals surface area contributed by atoms with Crippen molar-refractivity contribution in [3.05, 3.63) is 23.5 Å². The quantitative estimate of drug-likeness (QED) is 0.237. The fourth-order valence-corrected chi connectivity index (χ4v) is 4.03. The molecule has 0 aliphatic rings. The van der Waals surface area contributed by atoms with Crippen LogP contribution in [0.4, 0.5) is 4.39 Å². The molecule has 0 aromatic heterocycles. The lowest BCUT2D eigenvalue weighted by atomic mass is 10.0. The lowest BCUT2D eigenvalue weighted by Gasteiger charge is -2.20. The van der Waals surface area contributed by atoms with Crippen LogP contribution in [-0.2, 0) is 13.7 Å². The summed E-state index contributed by atoms with van der Waals surface area (Å²) in [5.41, 5.74) is -0.122. The monoisotopic (exact) mass is 362 g/mol. The van der Waals surface area contributed by atoms with Crippen LogP contribution in [0.15, 0.2) is 23.5 Å². The van der Waals surface area contributed by atoms with Crippen LogP contribution in [0.3, 0.4) is 0 Å². The van der Waals surface area contributed by atoms with Gasteiger partial charge in [0.1, 0.15) is 11.9 Å². The third kappa shape index (κ3) is 8.19. The molecule has 3 atom stereocenters. The smallest absolute Gasteiger partial charge is 0.340 e. The number of rotatable bonds is 9. The molecule has 11 heteroatoms. The molecule has 0 aromatic carbocycles. The van der Waals surface area contributed by atoms with E-state index in [9.17, 15) is 28.6 Å². The van der Waals surface area contributed by atoms with Crippen LogP contribution in [0.2, 0.25) is 0 Å². The number of aliphatic hydroxyl groups is 2. The number of allylic oxidation sites excluding steroid dienone is 2. The molecule has 0 saturated carbocycles. The molecule has 1 unspecified atom stereocenters. The Labute approximate surface area is 127 Å². The predicted molar refractivity (Wildman–Crippen MR) is 78.4 cm³/mol. The van der Waals surface area contributed by atoms with Crippen LogP contribution in [0.5, 0.6) is 0 Å². The first-order chi connectivity index (χ1) is 9.93. The van der Waals surface area contributed by atoms with Gasteiger partial charge in [-0.15, -0.1) is 0 Å². The number of alkyl halides is 1. The predicted octanol–water partition coefficient (Wildman–Crippen LogP) is 1.82. The summed E-state index contributed by atoms with van der Waals surface area (Å²) in [6, 6.07) is 0. The van der Waals surface area contributed by atoms with E-state index >= 15 is 0 Å². The molecule has 0 aromatic rings. The number of hydrogen-bond acceptors (Lipinski definition) is 5. The molecule has 0 amide bonds. The van der Waals surface area contributed by atoms with Gasteiger partial charge in [-0.25, -0.2) is 4.39 Å². The second kappa shape index (κ2) is 8.93. The van der Waals surface area contributed by atoms with E-state index in [1.807, 2.05) is 0 Å². The van der Waals surface area contributed by atoms with Gasteiger partial charge in [-0.1, -0.05) is 13.0 Å². The second-order valence-electron chi connectivity index (χ2n) is 4.46. The van der Waals surface area contributed by atoms with Crippen molar-refractivity contribution in [2.75, 3.05) is 12.5 Å². The highest BCUT2D eigenvalue weighted by atomic mass is 31.2. The SMILES string of the molecule is C/C=C(/O)[C@@H](F)[C@H](O)/C(=C\CC)COP(=O)(O)CP(=O)(O)O. The fourth-order valence-electron chi connectivity index (χ4n) is 1.49. The first-order valence-electron chi connectivity index (χ1n) is 6.30. The van der Waals surface area contributed by atoms with Gasteiger partial charge in [0.05, 0.1) is 6.61 Å². The molecule has 0 radical (unpaired) electrons. The van der Waals surface area contributed by atoms with Gasteiger partial charge >= 0.3 is 15.2 Å². The van der Waals surface area contributed by atoms with Crippen LogP contribution in [0, 0.1) is 0 Å². The van der Waals surface area contributed by atoms with E-state index in [2.05, 4.69) is 4.52 Å². The first-order valence-corrected chi connectivity index (χ1v) is 9.86. The lowest BCUT2D eigenvalue weighted by Crippen LogP contribution is -2.28. The summed E-state index contributed by atoms with van der Waals surface area (Å²) >= 11 is 0. The Morgan fingerprint density at radius 2 is 1.86 bits per heavy atom. The van der Waals surface area contributed by atoms with Crippen LogP contribution >= 0.6 is 15.2 Å². The average Bonchev–Trinajstić information content (AvgIpc) is 2.38. The third-order valence-electron chi connectivity index (χ3n) is 2.50. The molecular weight excluding hydrogens is 341 g/mol. The van der Waals surface area contributed by atoms with E-state index < -0.39 is 45.7 Å². The lowest BCUT2D eigenvalue weighted by molar-refractivity contribution is 0.0900. The maximum atomic E-state index is 13.7. The first kappa shape index (κ1) is 21.5. The maximum absolute atomic E-state index is 13.7. The Kier molecular flexibility index (Phi) is 8.72. The largest absolute Gasteiger partial charge is 0.509 e. The highest BCUT2D eigenvalue weighted by molar-refractivity contribution is 7.70. The normalized spacial score (nSPS) is 19.6. The second-order valence-corrected chi connectivity index (χ2v) is 8.46. The Hall–Kier alpha value is -0.530. The Morgan fingerprint density at radius 1 is 1.32 bits per heavy atom. The zero-order valence-electron chi connectivity index (χ0n) is 12.2. The van der Waals surface area contributed by atoms with Crippen LogP contribution in [-0.4, -0.2) is 49.7 Å². The minimum atomic E-state index is -4.77. The standard InChI is InChI=1S/C11H21FO8P2/c1-3-5-8(11(14)10(12)9(13)4-2)6-20-22(18,19)7-21(15,16)17/h4-5,10-11,13-14H,3,6-7H2,1-2H3,(H,18,19)(H2,15,16,17)/b8-5-,9-4+/t10-,11-/m1/s1. The van der Waals surface area contributed by atoms with E-state index in [0.29, 0.717) is 6.42 Å². The molecule has 130 valence electrons. The van der Waals surface area contributed by atoms with Gasteiger partial charge in [0.15, 0.2) is 12.1 Å². The summed E-state index contributed by atoms with van der Waals surface area (Å²) < 4.78 is 40.5. The molecule has 0 saturated heterocycles. The van der Waals surface area contributed by atoms with Crippen molar-refractivity contribution in [2.45, 2.75) is 32.5 Å². The third-order valence-corrected chi connectivity index (χ3v) is 5.93. The van der Waals surface area contributed by atoms with Crippen LogP contribution in [0.25, 0.3) is 0 Å². The highest BCUT2D eigenvalue weighted by Crippen LogP contribution is 2.55. The molecule has 8 nitrogen and oxygen atoms in total. The molecule has 0 rings (SSSR count). The van der Waals surface area contributed by atoms with Gasteiger partial charge in [-0.05, 0) is 25.0 Å². The topological polar surface area (TPSA) is 145 Å². The highest BCUT2D eigenvalue weighted by Gasteiger charge is 2.33. The molecule has 0 fully saturated rings. The van der Waals surface area contributed by atoms with Gasteiger partial charge in [0.2, 0.25) is 0 Å². The summed E-state index contributed by atoms with van der Waals surface area (Å²) in [5.74, 6) is -2.09. The Morgan fingerprint density at radius 3 is 2.27 bits per heavy atom. The summed E-state index contributed by atoms with van der Waals surface area (Å²) in [6.45, 7) is 2.31. The number of hydrogen-bond donors (Lipinski definition) is 5. The van der Waals surface area contributed by atoms with Gasteiger partial charge < -0.3 is 29.4 Å². The van der Waals surface area contributed by atoms with Crippen molar-refractivity contribution < 1.29 is 42.9 Å². The summed E-state index contributed by atoms with van der Waals surface area (Å²) in [6.07, 6.45) is -1.24. The van der Waals surface area contributed by atoms with Crippen molar-refractivity contribution >= 4 is 15.2 Å². The van der Waals surface area contributed by atoms with E-state index in [0.717, 1.165) is 6.08 Å². The maximum Gasteiger partial charge on any atom is 0.340 e. The molecule has 0 aliphatic heterocycles. The molecular formula is C11H21FO8P2. The van der Waals surface area contributed by atoms with Gasteiger partial charge in [-0.3, -0.25) is 9.13 Å². The van der Waals surface area contributed by atoms with Crippen molar-refractivity contribution in [1.82, 2.24) is 0 Å². The molecule has 0 aliphatic carbocycles. The average molecular weight is 362 g/mol. The minimum absolute atomic E-state index is 0.122. The minimum Gasteiger partial charge on any atom is -0.509 e. The molecule has 22 heavy (non-hydrogen) atoms. The van der Waals surface area contributed by atoms with Crippen molar-refractivity contribution in [2.24, 2.45) is 0 Å². The van der Waals surface area contributed by atoms with E-state index in [-0.39, 0.29) is 5.57 Å². The Bertz CT molecular complexity index is 512. The summed E-state index contributed by atoms with van der Waals surface area (Å²) in [7, 11) is -9.38. The van der Waals surface area contributed by atoms with Gasteiger partial charge in [-0.2, -0.15) is 0 Å². The van der Waals surface area contributed by atoms with Crippen molar-refractivity contribution in [3.63, 3.8) is 0 Å². The summed E-state index contributed by atoms with van der Waals surface area (Å²) in [4.78, 5) is 26.6. The zero-order chi connectivity index (χ0) is 17.6. The van der Waals surface area contributed by atoms with E-state index in [1.165, 1.54) is 13.0 Å². The number of halogens is 1. The number of aliphatic hydroxyl groups excluding tert-OH is 2. The van der Waals surface area contributed by atoms with Gasteiger partial charge in [0.25, 0.3) is 0 Å². The zero-order valence-corrected chi connectivity index (χ0v) is 14.0. The molecule has 5 N–H and O–H groups in total. The van der Waals surface area contributed by atoms with Gasteiger partial charge in [0, 0.05) is 0 Å². The van der Waals surface area contributed by atoms with Crippen LogP contribution < -0.4 is 0 Å². The van der Waals surface area contributed by atoms with E-state index in [1.54, 1.807) is 6.92 Å². The summed E-state index contributed by atoms with van der Waals surface area (Å²) in [5, 5.41) is 19.0. The fraction of sp³-hybridized carbons (Fsp3) is 0.636. The molecule has 0 spiro atoms. The van der Waals surface area contributed by atoms with Crippen molar-refractivity contribution in [3.8, 4) is 0 Å². The molecule has 0 heterocycles. The Balaban J connectivity index is 4.98. The molecule has 0 bridgehead atoms.